The third-order valence-corrected chi connectivity index (χ3v) is 22.3. The summed E-state index contributed by atoms with van der Waals surface area (Å²) in [5.41, 5.74) is 4.13. The zero-order chi connectivity index (χ0) is 81.2. The molecule has 612 valence electrons. The first-order valence-electron chi connectivity index (χ1n) is 38.7. The molecule has 6 heterocycles. The van der Waals surface area contributed by atoms with E-state index in [1.807, 2.05) is 13.8 Å². The van der Waals surface area contributed by atoms with Crippen molar-refractivity contribution in [1.29, 1.82) is 0 Å². The second-order valence-electron chi connectivity index (χ2n) is 30.6. The van der Waals surface area contributed by atoms with E-state index in [9.17, 15) is 60.3 Å². The van der Waals surface area contributed by atoms with Crippen molar-refractivity contribution in [3.8, 4) is 57.1 Å². The number of halogens is 1. The molecule has 3 fully saturated rings. The van der Waals surface area contributed by atoms with Crippen LogP contribution in [-0.4, -0.2) is 187 Å². The molecule has 17 atom stereocenters. The SMILES string of the molecule is CCCCCCCCNCCNCc1c(O)cc2c(c1O)-c1cc(ccc1O)[C@H]1NC(=O)[C@@H]3NC(=O)[C@H](CC(N)=O)NC(=O)[C@H](NC(=O)[C@@H](CC(C)C)NC)[C@H](O)c4ccc(c(C)c4)Oc4cc3cc(c4O[C@@H]3O[C@H](CO)[C@@H](O)[C@H](O)[C@H]3O)Oc3ccc(cc3Cl)[C@@H](O)[C@H](NC1=O)C(=O)N[C@@H]2C(=O)NC1CCC2CCCC1C2. The maximum Gasteiger partial charge on any atom is 0.248 e. The third kappa shape index (κ3) is 19.7. The monoisotopic (exact) mass is 1590 g/mol. The van der Waals surface area contributed by atoms with Crippen molar-refractivity contribution in [3.05, 3.63) is 117 Å². The Bertz CT molecular complexity index is 4320. The molecule has 8 aliphatic rings. The zero-order valence-electron chi connectivity index (χ0n) is 63.6. The van der Waals surface area contributed by atoms with Gasteiger partial charge in [-0.25, -0.2) is 0 Å². The van der Waals surface area contributed by atoms with Gasteiger partial charge in [-0.3, -0.25) is 38.4 Å². The van der Waals surface area contributed by atoms with Gasteiger partial charge in [0.2, 0.25) is 59.3 Å². The number of carbonyl (C=O) groups excluding carboxylic acids is 8. The number of ether oxygens (including phenoxy) is 4. The number of fused-ring (bicyclic) bond motifs is 17. The Morgan fingerprint density at radius 1 is 0.664 bits per heavy atom. The van der Waals surface area contributed by atoms with Crippen LogP contribution in [0.3, 0.4) is 0 Å². The van der Waals surface area contributed by atoms with Crippen LogP contribution in [-0.2, 0) is 49.6 Å². The first-order valence-corrected chi connectivity index (χ1v) is 39.1. The number of aliphatic hydroxyl groups excluding tert-OH is 6. The number of primary amides is 1. The highest BCUT2D eigenvalue weighted by Crippen LogP contribution is 2.50. The number of phenols is 3. The van der Waals surface area contributed by atoms with Crippen LogP contribution in [0.1, 0.15) is 180 Å². The number of nitrogens with one attached hydrogen (secondary N) is 10. The second-order valence-corrected chi connectivity index (χ2v) is 31.0. The van der Waals surface area contributed by atoms with Gasteiger partial charge in [-0.15, -0.1) is 0 Å². The Hall–Kier alpha value is -9.45. The normalized spacial score (nSPS) is 26.7. The molecule has 0 spiro atoms. The number of nitrogens with two attached hydrogens (primary N) is 1. The maximum atomic E-state index is 16.3. The summed E-state index contributed by atoms with van der Waals surface area (Å²) in [6.07, 6.45) is -3.02. The predicted octanol–water partition coefficient (Wildman–Crippen LogP) is 3.56. The number of aryl methyl sites for hydroxylation is 1. The third-order valence-electron chi connectivity index (χ3n) is 22.0. The molecule has 1 saturated heterocycles. The minimum atomic E-state index is -2.27. The Kier molecular flexibility index (Phi) is 28.2. The molecule has 3 unspecified atom stereocenters. The van der Waals surface area contributed by atoms with Gasteiger partial charge in [0, 0.05) is 36.8 Å². The molecular weight excluding hydrogens is 1490 g/mol. The number of likely N-dealkylation sites (N-methyl/N-ethyl adjacent to an activating group) is 1. The van der Waals surface area contributed by atoms with Crippen LogP contribution in [0.2, 0.25) is 5.02 Å². The standard InChI is InChI=1S/C80H104ClN11O21/c1-6-7-8-9-10-11-23-84-24-25-85-35-47-53(95)33-46-60(68(47)99)45-29-41(16-20-52(45)94)61-75(105)92-65(79(109)90-63(46)77(107)86-49-19-15-39-13-12-14-40(49)28-39)67(98)43-18-22-55(48(81)30-43)111-57-32-44-31-56(72(57)113-80-71(102)70(101)69(100)58(36-93)112-80)110-54-21-17-42(27-38(54)4)66(97)64(91-73(103)50(83-5)26-37(2)3)78(108)87-51(34-59(82)96)74(104)88-62(44)76(106)89-61/h16-18,20-22,27,29-33,37,39-40,49-51,58,61-67,69-71,80,83-85,93-95,97-102H,6-15,19,23-26,28,34-36H2,1-5H3,(H2,82,96)(H,86,107)(H,87,108)(H,88,104)(H,89,106)(H,90,109)(H,91,103)(H,92,105)/t39?,40?,49?,50-,51+,58-,61-,62-,63+,64-,65+,66-,67-,69-,70+,71-,80+/m1/s1. The fraction of sp³-hybridized carbons (Fsp3) is 0.525. The van der Waals surface area contributed by atoms with Gasteiger partial charge in [0.05, 0.1) is 29.7 Å². The molecule has 32 nitrogen and oxygen atoms in total. The summed E-state index contributed by atoms with van der Waals surface area (Å²) < 4.78 is 25.6. The van der Waals surface area contributed by atoms with E-state index in [0.29, 0.717) is 25.4 Å². The highest BCUT2D eigenvalue weighted by molar-refractivity contribution is 6.32. The molecule has 5 aromatic carbocycles. The van der Waals surface area contributed by atoms with Gasteiger partial charge in [-0.05, 0) is 165 Å². The number of hydrogen-bond donors (Lipinski definition) is 20. The summed E-state index contributed by atoms with van der Waals surface area (Å²) in [7, 11) is 1.51. The van der Waals surface area contributed by atoms with Crippen molar-refractivity contribution < 1.29 is 103 Å². The number of amides is 8. The van der Waals surface area contributed by atoms with Gasteiger partial charge in [0.15, 0.2) is 11.5 Å². The number of unbranched alkanes of at least 4 members (excludes halogenated alkanes) is 5. The molecule has 13 bridgehead atoms. The van der Waals surface area contributed by atoms with Crippen LogP contribution in [0.15, 0.2) is 72.8 Å². The lowest BCUT2D eigenvalue weighted by Crippen LogP contribution is -2.60. The van der Waals surface area contributed by atoms with E-state index in [2.05, 4.69) is 60.1 Å². The molecule has 2 aliphatic carbocycles. The topological polar surface area (TPSA) is 502 Å². The number of aliphatic hydroxyl groups is 6. The van der Waals surface area contributed by atoms with Crippen molar-refractivity contribution in [1.82, 2.24) is 53.2 Å². The number of rotatable bonds is 24. The first-order chi connectivity index (χ1) is 54.0. The lowest BCUT2D eigenvalue weighted by molar-refractivity contribution is -0.277. The molecular formula is C80H104ClN11O21. The van der Waals surface area contributed by atoms with Crippen LogP contribution < -0.4 is 73.1 Å². The van der Waals surface area contributed by atoms with E-state index in [0.717, 1.165) is 95.0 Å². The lowest BCUT2D eigenvalue weighted by Gasteiger charge is -2.41. The summed E-state index contributed by atoms with van der Waals surface area (Å²) in [5.74, 6) is -12.8. The summed E-state index contributed by atoms with van der Waals surface area (Å²) in [6.45, 7) is 7.82. The molecule has 0 radical (unpaired) electrons. The molecule has 8 amide bonds. The smallest absolute Gasteiger partial charge is 0.248 e. The Morgan fingerprint density at radius 2 is 1.34 bits per heavy atom. The van der Waals surface area contributed by atoms with Gasteiger partial charge in [0.25, 0.3) is 0 Å². The highest BCUT2D eigenvalue weighted by Gasteiger charge is 2.48. The first kappa shape index (κ1) is 84.5. The van der Waals surface area contributed by atoms with E-state index in [1.54, 1.807) is 0 Å². The Labute approximate surface area is 658 Å². The number of aromatic hydroxyl groups is 3. The summed E-state index contributed by atoms with van der Waals surface area (Å²) in [5, 5.41) is 134. The predicted molar refractivity (Wildman–Crippen MR) is 410 cm³/mol. The van der Waals surface area contributed by atoms with E-state index in [-0.39, 0.29) is 85.8 Å². The molecule has 2 saturated carbocycles. The Morgan fingerprint density at radius 3 is 2.04 bits per heavy atom. The van der Waals surface area contributed by atoms with Crippen LogP contribution in [0.4, 0.5) is 0 Å². The lowest BCUT2D eigenvalue weighted by atomic mass is 9.70. The molecule has 5 aromatic rings. The fourth-order valence-corrected chi connectivity index (χ4v) is 16.0. The van der Waals surface area contributed by atoms with Gasteiger partial charge in [-0.2, -0.15) is 0 Å². The van der Waals surface area contributed by atoms with E-state index in [4.69, 9.17) is 36.3 Å². The summed E-state index contributed by atoms with van der Waals surface area (Å²) in [6, 6.07) is 0.604. The minimum absolute atomic E-state index is 0.00602. The largest absolute Gasteiger partial charge is 0.507 e. The number of phenolic OH excluding ortho intramolecular Hbond substituents is 3. The van der Waals surface area contributed by atoms with Crippen molar-refractivity contribution in [2.75, 3.05) is 33.3 Å². The van der Waals surface area contributed by atoms with Crippen LogP contribution >= 0.6 is 11.6 Å². The van der Waals surface area contributed by atoms with E-state index < -0.39 is 192 Å². The highest BCUT2D eigenvalue weighted by atomic mass is 35.5. The van der Waals surface area contributed by atoms with Gasteiger partial charge in [0.1, 0.15) is 102 Å². The minimum Gasteiger partial charge on any atom is -0.507 e. The molecule has 113 heavy (non-hydrogen) atoms. The molecule has 0 aromatic heterocycles. The van der Waals surface area contributed by atoms with Gasteiger partial charge < -0.3 is 124 Å². The maximum absolute atomic E-state index is 16.3. The van der Waals surface area contributed by atoms with Crippen LogP contribution in [0.25, 0.3) is 11.1 Å². The molecule has 13 rings (SSSR count). The molecule has 33 heteroatoms. The van der Waals surface area contributed by atoms with Crippen molar-refractivity contribution >= 4 is 58.9 Å². The molecule has 6 aliphatic heterocycles. The van der Waals surface area contributed by atoms with E-state index >= 15 is 24.0 Å². The Balaban J connectivity index is 1.10. The number of benzene rings is 5. The fourth-order valence-electron chi connectivity index (χ4n) is 15.8. The van der Waals surface area contributed by atoms with Crippen molar-refractivity contribution in [2.45, 2.75) is 215 Å². The average molecular weight is 1590 g/mol. The quantitative estimate of drug-likeness (QED) is 0.0393. The van der Waals surface area contributed by atoms with Crippen LogP contribution in [0, 0.1) is 24.7 Å². The average Bonchev–Trinajstić information content (AvgIpc) is 0.759. The second kappa shape index (κ2) is 37.7. The van der Waals surface area contributed by atoms with Gasteiger partial charge >= 0.3 is 0 Å². The number of hydrogen-bond acceptors (Lipinski definition) is 24. The van der Waals surface area contributed by atoms with Crippen molar-refractivity contribution in [3.63, 3.8) is 0 Å². The number of carbonyl (C=O) groups is 8. The summed E-state index contributed by atoms with van der Waals surface area (Å²) >= 11 is 7.17. The van der Waals surface area contributed by atoms with Crippen LogP contribution in [0.5, 0.6) is 46.0 Å². The van der Waals surface area contributed by atoms with Crippen molar-refractivity contribution in [2.24, 2.45) is 23.5 Å². The van der Waals surface area contributed by atoms with Gasteiger partial charge in [-0.1, -0.05) is 95.5 Å². The zero-order valence-corrected chi connectivity index (χ0v) is 64.4. The summed E-state index contributed by atoms with van der Waals surface area (Å²) in [4.78, 5) is 121. The molecule has 21 N–H and O–H groups in total. The van der Waals surface area contributed by atoms with E-state index in [1.165, 1.54) is 68.9 Å².